The van der Waals surface area contributed by atoms with Crippen LogP contribution in [0.25, 0.3) is 10.9 Å². The summed E-state index contributed by atoms with van der Waals surface area (Å²) in [5.74, 6) is 0.895. The standard InChI is InChI=1S/C27H26N2O2/c1-18(2)31-21-13-11-20(12-14-21)22-15-26(30)28-24-9-6-10-25-27(24)23(22)17-29(25)16-19-7-4-3-5-8-19/h3-14,17-18,22H,15-16H2,1-2H3,(H,28,30)/t22-/m1/s1. The number of carbonyl (C=O) groups is 1. The molecule has 1 atom stereocenters. The highest BCUT2D eigenvalue weighted by Gasteiger charge is 2.27. The van der Waals surface area contributed by atoms with Gasteiger partial charge in [0.1, 0.15) is 5.75 Å². The fraction of sp³-hybridized carbons (Fsp3) is 0.222. The van der Waals surface area contributed by atoms with Crippen LogP contribution in [0.2, 0.25) is 0 Å². The number of aromatic nitrogens is 1. The van der Waals surface area contributed by atoms with E-state index >= 15 is 0 Å². The number of amides is 1. The predicted octanol–water partition coefficient (Wildman–Crippen LogP) is 5.95. The van der Waals surface area contributed by atoms with Gasteiger partial charge in [0.15, 0.2) is 0 Å². The van der Waals surface area contributed by atoms with Crippen LogP contribution in [0.15, 0.2) is 79.0 Å². The fourth-order valence-electron chi connectivity index (χ4n) is 4.51. The third-order valence-corrected chi connectivity index (χ3v) is 5.82. The van der Waals surface area contributed by atoms with Crippen LogP contribution in [-0.2, 0) is 11.3 Å². The van der Waals surface area contributed by atoms with Crippen molar-refractivity contribution in [3.05, 3.63) is 95.7 Å². The molecule has 1 N–H and O–H groups in total. The van der Waals surface area contributed by atoms with Gasteiger partial charge in [-0.1, -0.05) is 48.5 Å². The molecular formula is C27H26N2O2. The molecule has 1 aliphatic heterocycles. The molecule has 0 saturated heterocycles. The summed E-state index contributed by atoms with van der Waals surface area (Å²) in [5, 5.41) is 4.26. The highest BCUT2D eigenvalue weighted by molar-refractivity contribution is 6.06. The van der Waals surface area contributed by atoms with Crippen molar-refractivity contribution in [1.29, 1.82) is 0 Å². The number of carbonyl (C=O) groups excluding carboxylic acids is 1. The lowest BCUT2D eigenvalue weighted by molar-refractivity contribution is -0.116. The van der Waals surface area contributed by atoms with E-state index in [1.54, 1.807) is 0 Å². The lowest BCUT2D eigenvalue weighted by atomic mass is 9.88. The zero-order valence-corrected chi connectivity index (χ0v) is 17.8. The van der Waals surface area contributed by atoms with Gasteiger partial charge in [-0.15, -0.1) is 0 Å². The SMILES string of the molecule is CC(C)Oc1ccc([C@H]2CC(=O)Nc3cccc4c3c2cn4Cc2ccccc2)cc1. The fourth-order valence-corrected chi connectivity index (χ4v) is 4.51. The van der Waals surface area contributed by atoms with Gasteiger partial charge < -0.3 is 14.6 Å². The molecule has 0 saturated carbocycles. The van der Waals surface area contributed by atoms with Crippen molar-refractivity contribution in [3.8, 4) is 5.75 Å². The molecule has 2 heterocycles. The van der Waals surface area contributed by atoms with Crippen molar-refractivity contribution in [1.82, 2.24) is 4.57 Å². The van der Waals surface area contributed by atoms with E-state index in [0.717, 1.165) is 34.4 Å². The molecule has 1 aliphatic rings. The Labute approximate surface area is 182 Å². The summed E-state index contributed by atoms with van der Waals surface area (Å²) < 4.78 is 8.10. The Morgan fingerprint density at radius 2 is 1.77 bits per heavy atom. The summed E-state index contributed by atoms with van der Waals surface area (Å²) >= 11 is 0. The van der Waals surface area contributed by atoms with Gasteiger partial charge in [-0.05, 0) is 54.8 Å². The van der Waals surface area contributed by atoms with E-state index in [1.807, 2.05) is 44.2 Å². The molecular weight excluding hydrogens is 384 g/mol. The second kappa shape index (κ2) is 7.95. The van der Waals surface area contributed by atoms with Crippen LogP contribution in [-0.4, -0.2) is 16.6 Å². The summed E-state index contributed by atoms with van der Waals surface area (Å²) in [6.07, 6.45) is 2.78. The van der Waals surface area contributed by atoms with Crippen molar-refractivity contribution in [2.24, 2.45) is 0 Å². The van der Waals surface area contributed by atoms with Crippen LogP contribution in [0.3, 0.4) is 0 Å². The summed E-state index contributed by atoms with van der Waals surface area (Å²) in [6, 6.07) is 24.8. The lowest BCUT2D eigenvalue weighted by Crippen LogP contribution is -2.14. The third-order valence-electron chi connectivity index (χ3n) is 5.82. The number of ether oxygens (including phenoxy) is 1. The van der Waals surface area contributed by atoms with Crippen molar-refractivity contribution in [2.45, 2.75) is 38.8 Å². The Kier molecular flexibility index (Phi) is 4.99. The first-order valence-electron chi connectivity index (χ1n) is 10.8. The Morgan fingerprint density at radius 3 is 2.52 bits per heavy atom. The summed E-state index contributed by atoms with van der Waals surface area (Å²) in [7, 11) is 0. The lowest BCUT2D eigenvalue weighted by Gasteiger charge is -2.16. The molecule has 0 spiro atoms. The highest BCUT2D eigenvalue weighted by Crippen LogP contribution is 2.41. The molecule has 0 radical (unpaired) electrons. The molecule has 156 valence electrons. The van der Waals surface area contributed by atoms with Crippen LogP contribution in [0.4, 0.5) is 5.69 Å². The van der Waals surface area contributed by atoms with Gasteiger partial charge in [0.2, 0.25) is 5.91 Å². The highest BCUT2D eigenvalue weighted by atomic mass is 16.5. The van der Waals surface area contributed by atoms with Gasteiger partial charge in [0.05, 0.1) is 17.3 Å². The summed E-state index contributed by atoms with van der Waals surface area (Å²) in [4.78, 5) is 12.7. The van der Waals surface area contributed by atoms with Crippen molar-refractivity contribution in [2.75, 3.05) is 5.32 Å². The van der Waals surface area contributed by atoms with E-state index in [1.165, 1.54) is 11.1 Å². The molecule has 4 nitrogen and oxygen atoms in total. The average molecular weight is 411 g/mol. The number of nitrogens with one attached hydrogen (secondary N) is 1. The maximum absolute atomic E-state index is 12.7. The molecule has 0 bridgehead atoms. The molecule has 0 unspecified atom stereocenters. The van der Waals surface area contributed by atoms with Crippen molar-refractivity contribution < 1.29 is 9.53 Å². The molecule has 31 heavy (non-hydrogen) atoms. The van der Waals surface area contributed by atoms with Crippen LogP contribution < -0.4 is 10.1 Å². The van der Waals surface area contributed by atoms with Crippen LogP contribution in [0.1, 0.15) is 42.9 Å². The van der Waals surface area contributed by atoms with Crippen LogP contribution >= 0.6 is 0 Å². The summed E-state index contributed by atoms with van der Waals surface area (Å²) in [5.41, 5.74) is 5.61. The van der Waals surface area contributed by atoms with Crippen LogP contribution in [0, 0.1) is 0 Å². The largest absolute Gasteiger partial charge is 0.491 e. The number of rotatable bonds is 5. The Balaban J connectivity index is 1.60. The Bertz CT molecular complexity index is 1220. The van der Waals surface area contributed by atoms with Crippen molar-refractivity contribution >= 4 is 22.5 Å². The monoisotopic (exact) mass is 410 g/mol. The molecule has 0 fully saturated rings. The molecule has 1 aromatic heterocycles. The van der Waals surface area contributed by atoms with Gasteiger partial charge >= 0.3 is 0 Å². The van der Waals surface area contributed by atoms with Gasteiger partial charge in [-0.25, -0.2) is 0 Å². The van der Waals surface area contributed by atoms with E-state index in [9.17, 15) is 4.79 Å². The third kappa shape index (κ3) is 3.81. The molecule has 1 amide bonds. The van der Waals surface area contributed by atoms with E-state index in [4.69, 9.17) is 4.74 Å². The number of nitrogens with zero attached hydrogens (tertiary/aromatic N) is 1. The molecule has 3 aromatic carbocycles. The maximum Gasteiger partial charge on any atom is 0.225 e. The second-order valence-electron chi connectivity index (χ2n) is 8.44. The second-order valence-corrected chi connectivity index (χ2v) is 8.44. The minimum absolute atomic E-state index is 0.00345. The predicted molar refractivity (Wildman–Crippen MR) is 125 cm³/mol. The minimum Gasteiger partial charge on any atom is -0.491 e. The topological polar surface area (TPSA) is 43.3 Å². The Hall–Kier alpha value is -3.53. The zero-order chi connectivity index (χ0) is 21.4. The van der Waals surface area contributed by atoms with Gasteiger partial charge in [0.25, 0.3) is 0 Å². The van der Waals surface area contributed by atoms with E-state index < -0.39 is 0 Å². The van der Waals surface area contributed by atoms with E-state index in [2.05, 4.69) is 58.5 Å². The number of hydrogen-bond donors (Lipinski definition) is 1. The summed E-state index contributed by atoms with van der Waals surface area (Å²) in [6.45, 7) is 4.84. The maximum atomic E-state index is 12.7. The molecule has 0 aliphatic carbocycles. The van der Waals surface area contributed by atoms with Crippen LogP contribution in [0.5, 0.6) is 5.75 Å². The van der Waals surface area contributed by atoms with E-state index in [-0.39, 0.29) is 17.9 Å². The molecule has 4 aromatic rings. The van der Waals surface area contributed by atoms with Gasteiger partial charge in [-0.2, -0.15) is 0 Å². The number of benzene rings is 3. The number of hydrogen-bond acceptors (Lipinski definition) is 2. The molecule has 5 rings (SSSR count). The quantitative estimate of drug-likeness (QED) is 0.442. The van der Waals surface area contributed by atoms with Gasteiger partial charge in [-0.3, -0.25) is 4.79 Å². The first-order valence-corrected chi connectivity index (χ1v) is 10.8. The van der Waals surface area contributed by atoms with Crippen molar-refractivity contribution in [3.63, 3.8) is 0 Å². The van der Waals surface area contributed by atoms with E-state index in [0.29, 0.717) is 6.42 Å². The molecule has 4 heteroatoms. The first kappa shape index (κ1) is 19.4. The Morgan fingerprint density at radius 1 is 1.00 bits per heavy atom. The number of anilines is 1. The average Bonchev–Trinajstić information content (AvgIpc) is 3.05. The zero-order valence-electron chi connectivity index (χ0n) is 17.8. The minimum atomic E-state index is -0.00345. The van der Waals surface area contributed by atoms with Gasteiger partial charge in [0, 0.05) is 30.5 Å². The normalized spacial score (nSPS) is 15.7. The smallest absolute Gasteiger partial charge is 0.225 e. The first-order chi connectivity index (χ1) is 15.1.